The molecule has 1 N–H and O–H groups in total. The third-order valence-electron chi connectivity index (χ3n) is 4.00. The lowest BCUT2D eigenvalue weighted by Gasteiger charge is -2.32. The number of rotatable bonds is 6. The minimum absolute atomic E-state index is 0.503. The average molecular weight is 209 g/mol. The molecule has 1 aliphatic heterocycles. The minimum Gasteiger partial charge on any atom is -0.316 e. The smallest absolute Gasteiger partial charge is 0.000863 e. The zero-order valence-corrected chi connectivity index (χ0v) is 10.7. The second-order valence-electron chi connectivity index (χ2n) is 5.54. The van der Waals surface area contributed by atoms with Crippen LogP contribution in [0.5, 0.6) is 0 Å². The highest BCUT2D eigenvalue weighted by Crippen LogP contribution is 2.40. The molecule has 0 bridgehead atoms. The van der Waals surface area contributed by atoms with Crippen LogP contribution in [0.2, 0.25) is 0 Å². The lowest BCUT2D eigenvalue weighted by atomic mass is 9.72. The van der Waals surface area contributed by atoms with Crippen LogP contribution >= 0.6 is 0 Å². The van der Waals surface area contributed by atoms with Gasteiger partial charge in [0, 0.05) is 6.54 Å². The highest BCUT2D eigenvalue weighted by Gasteiger charge is 2.38. The summed E-state index contributed by atoms with van der Waals surface area (Å²) in [7, 11) is 0. The van der Waals surface area contributed by atoms with Crippen molar-refractivity contribution in [3.05, 3.63) is 12.7 Å². The molecule has 0 aromatic carbocycles. The molecule has 0 aromatic rings. The van der Waals surface area contributed by atoms with Crippen molar-refractivity contribution in [2.24, 2.45) is 17.3 Å². The molecular formula is C14H27N. The van der Waals surface area contributed by atoms with E-state index in [9.17, 15) is 0 Å². The van der Waals surface area contributed by atoms with Crippen molar-refractivity contribution in [1.29, 1.82) is 0 Å². The van der Waals surface area contributed by atoms with Crippen molar-refractivity contribution < 1.29 is 0 Å². The van der Waals surface area contributed by atoms with E-state index in [1.165, 1.54) is 38.8 Å². The van der Waals surface area contributed by atoms with Gasteiger partial charge in [0.25, 0.3) is 0 Å². The van der Waals surface area contributed by atoms with Crippen LogP contribution in [0.25, 0.3) is 0 Å². The standard InChI is InChI=1S/C14H27N/c1-5-7-8-13-10-15-11-14(13,4)9-12(3)6-2/h6,12-13,15H,2,5,7-11H2,1,3-4H3. The van der Waals surface area contributed by atoms with Crippen LogP contribution in [-0.4, -0.2) is 13.1 Å². The van der Waals surface area contributed by atoms with Crippen molar-refractivity contribution >= 4 is 0 Å². The third-order valence-corrected chi connectivity index (χ3v) is 4.00. The van der Waals surface area contributed by atoms with Crippen LogP contribution in [0.1, 0.15) is 46.5 Å². The molecule has 3 unspecified atom stereocenters. The van der Waals surface area contributed by atoms with Crippen LogP contribution in [0.4, 0.5) is 0 Å². The molecule has 0 aromatic heterocycles. The maximum Gasteiger partial charge on any atom is 0.000863 e. The van der Waals surface area contributed by atoms with E-state index < -0.39 is 0 Å². The summed E-state index contributed by atoms with van der Waals surface area (Å²) >= 11 is 0. The molecular weight excluding hydrogens is 182 g/mol. The monoisotopic (exact) mass is 209 g/mol. The fraction of sp³-hybridized carbons (Fsp3) is 0.857. The Balaban J connectivity index is 2.51. The van der Waals surface area contributed by atoms with E-state index in [2.05, 4.69) is 38.7 Å². The SMILES string of the molecule is C=CC(C)CC1(C)CNCC1CCCC. The van der Waals surface area contributed by atoms with Crippen LogP contribution in [0.15, 0.2) is 12.7 Å². The summed E-state index contributed by atoms with van der Waals surface area (Å²) < 4.78 is 0. The predicted molar refractivity (Wildman–Crippen MR) is 68.0 cm³/mol. The van der Waals surface area contributed by atoms with E-state index in [1.54, 1.807) is 0 Å². The van der Waals surface area contributed by atoms with Gasteiger partial charge in [-0.2, -0.15) is 0 Å². The van der Waals surface area contributed by atoms with Gasteiger partial charge >= 0.3 is 0 Å². The molecule has 1 nitrogen and oxygen atoms in total. The molecule has 3 atom stereocenters. The molecule has 0 radical (unpaired) electrons. The van der Waals surface area contributed by atoms with Gasteiger partial charge in [0.05, 0.1) is 0 Å². The summed E-state index contributed by atoms with van der Waals surface area (Å²) in [6.07, 6.45) is 7.48. The lowest BCUT2D eigenvalue weighted by molar-refractivity contribution is 0.200. The van der Waals surface area contributed by atoms with Crippen molar-refractivity contribution in [2.75, 3.05) is 13.1 Å². The van der Waals surface area contributed by atoms with Gasteiger partial charge in [-0.05, 0) is 36.6 Å². The molecule has 1 aliphatic rings. The summed E-state index contributed by atoms with van der Waals surface area (Å²) in [5.41, 5.74) is 0.503. The fourth-order valence-corrected chi connectivity index (χ4v) is 2.88. The zero-order valence-electron chi connectivity index (χ0n) is 10.7. The first-order chi connectivity index (χ1) is 7.12. The molecule has 15 heavy (non-hydrogen) atoms. The van der Waals surface area contributed by atoms with E-state index >= 15 is 0 Å². The van der Waals surface area contributed by atoms with Crippen LogP contribution < -0.4 is 5.32 Å². The maximum absolute atomic E-state index is 3.90. The second kappa shape index (κ2) is 5.69. The Morgan fingerprint density at radius 1 is 1.60 bits per heavy atom. The first-order valence-electron chi connectivity index (χ1n) is 6.45. The molecule has 0 saturated carbocycles. The molecule has 1 heterocycles. The number of hydrogen-bond donors (Lipinski definition) is 1. The Labute approximate surface area is 95.3 Å². The van der Waals surface area contributed by atoms with Gasteiger partial charge in [-0.1, -0.05) is 39.7 Å². The normalized spacial score (nSPS) is 32.9. The Morgan fingerprint density at radius 2 is 2.33 bits per heavy atom. The van der Waals surface area contributed by atoms with Gasteiger partial charge in [-0.15, -0.1) is 6.58 Å². The molecule has 1 fully saturated rings. The van der Waals surface area contributed by atoms with Crippen LogP contribution in [-0.2, 0) is 0 Å². The summed E-state index contributed by atoms with van der Waals surface area (Å²) in [6, 6.07) is 0. The van der Waals surface area contributed by atoms with Gasteiger partial charge in [-0.3, -0.25) is 0 Å². The molecule has 0 amide bonds. The van der Waals surface area contributed by atoms with Gasteiger partial charge in [-0.25, -0.2) is 0 Å². The Bertz CT molecular complexity index is 200. The van der Waals surface area contributed by atoms with Crippen molar-refractivity contribution in [2.45, 2.75) is 46.5 Å². The van der Waals surface area contributed by atoms with Crippen LogP contribution in [0.3, 0.4) is 0 Å². The molecule has 1 heteroatoms. The minimum atomic E-state index is 0.503. The molecule has 1 rings (SSSR count). The molecule has 1 saturated heterocycles. The Morgan fingerprint density at radius 3 is 2.93 bits per heavy atom. The van der Waals surface area contributed by atoms with E-state index in [0.717, 1.165) is 5.92 Å². The van der Waals surface area contributed by atoms with Gasteiger partial charge in [0.2, 0.25) is 0 Å². The van der Waals surface area contributed by atoms with Gasteiger partial charge < -0.3 is 5.32 Å². The Kier molecular flexibility index (Phi) is 4.85. The number of nitrogens with one attached hydrogen (secondary N) is 1. The lowest BCUT2D eigenvalue weighted by Crippen LogP contribution is -2.28. The quantitative estimate of drug-likeness (QED) is 0.659. The summed E-state index contributed by atoms with van der Waals surface area (Å²) in [5.74, 6) is 1.53. The largest absolute Gasteiger partial charge is 0.316 e. The highest BCUT2D eigenvalue weighted by molar-refractivity contribution is 4.94. The zero-order chi connectivity index (χ0) is 11.3. The van der Waals surface area contributed by atoms with E-state index in [4.69, 9.17) is 0 Å². The number of allylic oxidation sites excluding steroid dienone is 1. The van der Waals surface area contributed by atoms with Crippen molar-refractivity contribution in [1.82, 2.24) is 5.32 Å². The summed E-state index contributed by atoms with van der Waals surface area (Å²) in [6.45, 7) is 13.3. The number of hydrogen-bond acceptors (Lipinski definition) is 1. The second-order valence-corrected chi connectivity index (χ2v) is 5.54. The first kappa shape index (κ1) is 12.8. The topological polar surface area (TPSA) is 12.0 Å². The van der Waals surface area contributed by atoms with E-state index in [1.807, 2.05) is 0 Å². The molecule has 88 valence electrons. The van der Waals surface area contributed by atoms with Crippen LogP contribution in [0, 0.1) is 17.3 Å². The summed E-state index contributed by atoms with van der Waals surface area (Å²) in [5, 5.41) is 3.57. The molecule has 0 aliphatic carbocycles. The number of unbranched alkanes of at least 4 members (excludes halogenated alkanes) is 1. The third kappa shape index (κ3) is 3.34. The summed E-state index contributed by atoms with van der Waals surface area (Å²) in [4.78, 5) is 0. The Hall–Kier alpha value is -0.300. The average Bonchev–Trinajstić information content (AvgIpc) is 2.56. The van der Waals surface area contributed by atoms with Crippen molar-refractivity contribution in [3.63, 3.8) is 0 Å². The predicted octanol–water partition coefficient (Wildman–Crippen LogP) is 3.61. The fourth-order valence-electron chi connectivity index (χ4n) is 2.88. The van der Waals surface area contributed by atoms with E-state index in [-0.39, 0.29) is 0 Å². The van der Waals surface area contributed by atoms with Gasteiger partial charge in [0.1, 0.15) is 0 Å². The highest BCUT2D eigenvalue weighted by atomic mass is 14.9. The molecule has 0 spiro atoms. The maximum atomic E-state index is 3.90. The first-order valence-corrected chi connectivity index (χ1v) is 6.45. The van der Waals surface area contributed by atoms with Crippen molar-refractivity contribution in [3.8, 4) is 0 Å². The van der Waals surface area contributed by atoms with Gasteiger partial charge in [0.15, 0.2) is 0 Å². The van der Waals surface area contributed by atoms with E-state index in [0.29, 0.717) is 11.3 Å².